The zero-order valence-corrected chi connectivity index (χ0v) is 10.8. The van der Waals surface area contributed by atoms with Crippen molar-refractivity contribution in [3.63, 3.8) is 0 Å². The highest BCUT2D eigenvalue weighted by atomic mass is 19.1. The van der Waals surface area contributed by atoms with Crippen molar-refractivity contribution in [2.75, 3.05) is 18.0 Å². The maximum absolute atomic E-state index is 13.0. The van der Waals surface area contributed by atoms with Crippen molar-refractivity contribution in [1.29, 1.82) is 0 Å². The molecule has 0 fully saturated rings. The second-order valence-electron chi connectivity index (χ2n) is 4.15. The lowest BCUT2D eigenvalue weighted by Crippen LogP contribution is -2.34. The summed E-state index contributed by atoms with van der Waals surface area (Å²) in [6, 6.07) is 8.21. The van der Waals surface area contributed by atoms with Crippen LogP contribution in [-0.4, -0.2) is 23.1 Å². The van der Waals surface area contributed by atoms with Crippen molar-refractivity contribution >= 4 is 5.69 Å². The molecule has 19 heavy (non-hydrogen) atoms. The van der Waals surface area contributed by atoms with Gasteiger partial charge in [0.1, 0.15) is 12.1 Å². The fraction of sp³-hybridized carbons (Fsp3) is 0.286. The van der Waals surface area contributed by atoms with Crippen LogP contribution in [0, 0.1) is 5.82 Å². The van der Waals surface area contributed by atoms with Gasteiger partial charge in [-0.15, -0.1) is 0 Å². The Balaban J connectivity index is 2.31. The third-order valence-corrected chi connectivity index (χ3v) is 3.04. The van der Waals surface area contributed by atoms with Crippen LogP contribution in [-0.2, 0) is 0 Å². The van der Waals surface area contributed by atoms with Crippen molar-refractivity contribution < 1.29 is 4.39 Å². The number of aromatic nitrogens is 2. The van der Waals surface area contributed by atoms with Gasteiger partial charge >= 0.3 is 0 Å². The minimum atomic E-state index is -0.244. The molecule has 1 aromatic carbocycles. The van der Waals surface area contributed by atoms with Crippen LogP contribution >= 0.6 is 0 Å². The van der Waals surface area contributed by atoms with Crippen molar-refractivity contribution in [2.45, 2.75) is 13.0 Å². The van der Waals surface area contributed by atoms with Crippen LogP contribution in [0.15, 0.2) is 42.9 Å². The van der Waals surface area contributed by atoms with Gasteiger partial charge in [0.05, 0.1) is 11.7 Å². The Kier molecular flexibility index (Phi) is 4.41. The molecule has 0 bridgehead atoms. The van der Waals surface area contributed by atoms with Crippen LogP contribution in [0.2, 0.25) is 0 Å². The van der Waals surface area contributed by atoms with E-state index in [0.717, 1.165) is 17.9 Å². The maximum atomic E-state index is 13.0. The third kappa shape index (κ3) is 3.06. The molecule has 1 heterocycles. The average molecular weight is 260 g/mol. The molecule has 0 aliphatic carbocycles. The molecule has 4 nitrogen and oxygen atoms in total. The Morgan fingerprint density at radius 1 is 1.26 bits per heavy atom. The number of rotatable bonds is 5. The molecule has 0 radical (unpaired) electrons. The number of nitrogens with zero attached hydrogens (tertiary/aromatic N) is 3. The summed E-state index contributed by atoms with van der Waals surface area (Å²) >= 11 is 0. The fourth-order valence-corrected chi connectivity index (χ4v) is 2.12. The summed E-state index contributed by atoms with van der Waals surface area (Å²) in [6.07, 6.45) is 3.21. The largest absolute Gasteiger partial charge is 0.362 e. The van der Waals surface area contributed by atoms with Crippen LogP contribution in [0.3, 0.4) is 0 Å². The molecule has 0 aliphatic heterocycles. The van der Waals surface area contributed by atoms with Gasteiger partial charge < -0.3 is 10.6 Å². The first-order valence-electron chi connectivity index (χ1n) is 6.24. The van der Waals surface area contributed by atoms with E-state index >= 15 is 0 Å². The number of benzene rings is 1. The maximum Gasteiger partial charge on any atom is 0.123 e. The van der Waals surface area contributed by atoms with Gasteiger partial charge in [-0.25, -0.2) is 14.4 Å². The summed E-state index contributed by atoms with van der Waals surface area (Å²) in [5, 5.41) is 0. The van der Waals surface area contributed by atoms with E-state index < -0.39 is 0 Å². The Hall–Kier alpha value is -2.01. The molecule has 1 atom stereocenters. The summed E-state index contributed by atoms with van der Waals surface area (Å²) in [4.78, 5) is 10.3. The predicted octanol–water partition coefficient (Wildman–Crippen LogP) is 2.14. The Labute approximate surface area is 112 Å². The van der Waals surface area contributed by atoms with Crippen LogP contribution in [0.4, 0.5) is 10.1 Å². The smallest absolute Gasteiger partial charge is 0.123 e. The lowest BCUT2D eigenvalue weighted by atomic mass is 10.1. The fourth-order valence-electron chi connectivity index (χ4n) is 2.12. The average Bonchev–Trinajstić information content (AvgIpc) is 2.47. The van der Waals surface area contributed by atoms with Crippen LogP contribution in [0.5, 0.6) is 0 Å². The standard InChI is InChI=1S/C14H17FN4/c1-2-19(12-5-3-11(15)4-6-12)14(9-16)13-7-8-17-10-18-13/h3-8,10,14H,2,9,16H2,1H3. The topological polar surface area (TPSA) is 55.0 Å². The normalized spacial score (nSPS) is 12.2. The summed E-state index contributed by atoms with van der Waals surface area (Å²) in [7, 11) is 0. The summed E-state index contributed by atoms with van der Waals surface area (Å²) in [6.45, 7) is 3.23. The van der Waals surface area contributed by atoms with Crippen LogP contribution in [0.25, 0.3) is 0 Å². The first-order valence-corrected chi connectivity index (χ1v) is 6.24. The summed E-state index contributed by atoms with van der Waals surface area (Å²) in [5.74, 6) is -0.244. The summed E-state index contributed by atoms with van der Waals surface area (Å²) in [5.41, 5.74) is 7.67. The lowest BCUT2D eigenvalue weighted by molar-refractivity contribution is 0.615. The molecule has 100 valence electrons. The highest BCUT2D eigenvalue weighted by molar-refractivity contribution is 5.48. The van der Waals surface area contributed by atoms with Gasteiger partial charge in [-0.2, -0.15) is 0 Å². The van der Waals surface area contributed by atoms with Crippen molar-refractivity contribution in [3.05, 3.63) is 54.4 Å². The zero-order valence-electron chi connectivity index (χ0n) is 10.8. The SMILES string of the molecule is CCN(c1ccc(F)cc1)C(CN)c1ccncn1. The van der Waals surface area contributed by atoms with Gasteiger partial charge in [-0.3, -0.25) is 0 Å². The van der Waals surface area contributed by atoms with Crippen molar-refractivity contribution in [2.24, 2.45) is 5.73 Å². The van der Waals surface area contributed by atoms with Gasteiger partial charge in [-0.1, -0.05) is 0 Å². The quantitative estimate of drug-likeness (QED) is 0.895. The van der Waals surface area contributed by atoms with Gasteiger partial charge in [0.2, 0.25) is 0 Å². The molecule has 0 amide bonds. The Bertz CT molecular complexity index is 501. The molecule has 0 saturated carbocycles. The van der Waals surface area contributed by atoms with E-state index in [-0.39, 0.29) is 11.9 Å². The van der Waals surface area contributed by atoms with Crippen LogP contribution < -0.4 is 10.6 Å². The molecule has 0 saturated heterocycles. The molecule has 5 heteroatoms. The Morgan fingerprint density at radius 3 is 2.53 bits per heavy atom. The number of hydrogen-bond donors (Lipinski definition) is 1. The molecular formula is C14H17FN4. The van der Waals surface area contributed by atoms with E-state index in [2.05, 4.69) is 14.9 Å². The molecule has 0 spiro atoms. The molecular weight excluding hydrogens is 243 g/mol. The Morgan fingerprint density at radius 2 is 2.00 bits per heavy atom. The van der Waals surface area contributed by atoms with Crippen LogP contribution in [0.1, 0.15) is 18.7 Å². The number of likely N-dealkylation sites (N-methyl/N-ethyl adjacent to an activating group) is 1. The molecule has 1 aromatic heterocycles. The minimum Gasteiger partial charge on any atom is -0.362 e. The molecule has 2 aromatic rings. The zero-order chi connectivity index (χ0) is 13.7. The molecule has 2 rings (SSSR count). The van der Waals surface area contributed by atoms with Gasteiger partial charge in [0.15, 0.2) is 0 Å². The lowest BCUT2D eigenvalue weighted by Gasteiger charge is -2.31. The first kappa shape index (κ1) is 13.4. The molecule has 1 unspecified atom stereocenters. The van der Waals surface area contributed by atoms with Crippen molar-refractivity contribution in [3.8, 4) is 0 Å². The predicted molar refractivity (Wildman–Crippen MR) is 73.2 cm³/mol. The number of hydrogen-bond acceptors (Lipinski definition) is 4. The highest BCUT2D eigenvalue weighted by Crippen LogP contribution is 2.25. The number of anilines is 1. The van der Waals surface area contributed by atoms with Gasteiger partial charge in [0.25, 0.3) is 0 Å². The first-order chi connectivity index (χ1) is 9.26. The summed E-state index contributed by atoms with van der Waals surface area (Å²) < 4.78 is 13.0. The van der Waals surface area contributed by atoms with Crippen molar-refractivity contribution in [1.82, 2.24) is 9.97 Å². The highest BCUT2D eigenvalue weighted by Gasteiger charge is 2.19. The van der Waals surface area contributed by atoms with E-state index in [0.29, 0.717) is 6.54 Å². The second kappa shape index (κ2) is 6.24. The van der Waals surface area contributed by atoms with E-state index in [1.165, 1.54) is 18.5 Å². The third-order valence-electron chi connectivity index (χ3n) is 3.04. The monoisotopic (exact) mass is 260 g/mol. The molecule has 2 N–H and O–H groups in total. The van der Waals surface area contributed by atoms with E-state index in [4.69, 9.17) is 5.73 Å². The molecule has 0 aliphatic rings. The van der Waals surface area contributed by atoms with E-state index in [9.17, 15) is 4.39 Å². The van der Waals surface area contributed by atoms with E-state index in [1.54, 1.807) is 18.3 Å². The number of nitrogens with two attached hydrogens (primary N) is 1. The minimum absolute atomic E-state index is 0.0431. The van der Waals surface area contributed by atoms with Gasteiger partial charge in [-0.05, 0) is 37.3 Å². The second-order valence-corrected chi connectivity index (χ2v) is 4.15. The number of halogens is 1. The van der Waals surface area contributed by atoms with Gasteiger partial charge in [0, 0.05) is 25.0 Å². The van der Waals surface area contributed by atoms with E-state index in [1.807, 2.05) is 13.0 Å².